The van der Waals surface area contributed by atoms with Crippen molar-refractivity contribution in [1.29, 1.82) is 0 Å². The van der Waals surface area contributed by atoms with E-state index in [0.29, 0.717) is 29.6 Å². The Morgan fingerprint density at radius 1 is 1.26 bits per heavy atom. The zero-order valence-corrected chi connectivity index (χ0v) is 12.6. The Labute approximate surface area is 132 Å². The lowest BCUT2D eigenvalue weighted by Crippen LogP contribution is -2.12. The molecule has 3 rings (SSSR count). The first kappa shape index (κ1) is 14.9. The summed E-state index contributed by atoms with van der Waals surface area (Å²) in [6.45, 7) is 0. The summed E-state index contributed by atoms with van der Waals surface area (Å²) in [6.07, 6.45) is 0.973. The zero-order valence-electron chi connectivity index (χ0n) is 12.6. The number of hydrogen-bond acceptors (Lipinski definition) is 4. The van der Waals surface area contributed by atoms with Gasteiger partial charge in [0.1, 0.15) is 5.75 Å². The summed E-state index contributed by atoms with van der Waals surface area (Å²) in [7, 11) is 1.61. The highest BCUT2D eigenvalue weighted by Gasteiger charge is 2.06. The highest BCUT2D eigenvalue weighted by molar-refractivity contribution is 5.92. The molecule has 0 fully saturated rings. The molecule has 0 aliphatic heterocycles. The van der Waals surface area contributed by atoms with Gasteiger partial charge in [0.15, 0.2) is 5.58 Å². The van der Waals surface area contributed by atoms with E-state index in [0.717, 1.165) is 11.3 Å². The first-order valence-electron chi connectivity index (χ1n) is 7.20. The molecule has 3 aromatic rings. The molecule has 0 atom stereocenters. The lowest BCUT2D eigenvalue weighted by atomic mass is 10.1. The molecule has 1 amide bonds. The van der Waals surface area contributed by atoms with E-state index in [-0.39, 0.29) is 5.91 Å². The van der Waals surface area contributed by atoms with Crippen LogP contribution in [0.5, 0.6) is 5.75 Å². The van der Waals surface area contributed by atoms with Crippen LogP contribution in [0.2, 0.25) is 0 Å². The van der Waals surface area contributed by atoms with E-state index in [9.17, 15) is 9.59 Å². The number of rotatable bonds is 5. The SMILES string of the molecule is COc1cccc(CCC(=O)Nc2ccc3oc(=O)[nH]c3c2)c1. The second-order valence-electron chi connectivity index (χ2n) is 5.13. The minimum Gasteiger partial charge on any atom is -0.497 e. The third-order valence-electron chi connectivity index (χ3n) is 3.48. The van der Waals surface area contributed by atoms with Gasteiger partial charge in [-0.3, -0.25) is 9.78 Å². The van der Waals surface area contributed by atoms with Crippen LogP contribution in [0, 0.1) is 0 Å². The smallest absolute Gasteiger partial charge is 0.417 e. The normalized spacial score (nSPS) is 10.7. The van der Waals surface area contributed by atoms with Crippen molar-refractivity contribution in [3.05, 3.63) is 58.6 Å². The van der Waals surface area contributed by atoms with E-state index < -0.39 is 5.76 Å². The summed E-state index contributed by atoms with van der Waals surface area (Å²) in [4.78, 5) is 25.7. The summed E-state index contributed by atoms with van der Waals surface area (Å²) in [5, 5.41) is 2.81. The summed E-state index contributed by atoms with van der Waals surface area (Å²) >= 11 is 0. The molecular weight excluding hydrogens is 296 g/mol. The second-order valence-corrected chi connectivity index (χ2v) is 5.13. The Kier molecular flexibility index (Phi) is 4.14. The number of aryl methyl sites for hydroxylation is 1. The van der Waals surface area contributed by atoms with Crippen molar-refractivity contribution in [2.24, 2.45) is 0 Å². The van der Waals surface area contributed by atoms with Crippen LogP contribution >= 0.6 is 0 Å². The number of aromatic amines is 1. The summed E-state index contributed by atoms with van der Waals surface area (Å²) in [5.74, 6) is 0.164. The molecule has 118 valence electrons. The van der Waals surface area contributed by atoms with E-state index >= 15 is 0 Å². The lowest BCUT2D eigenvalue weighted by Gasteiger charge is -2.06. The number of methoxy groups -OCH3 is 1. The van der Waals surface area contributed by atoms with Gasteiger partial charge in [0, 0.05) is 12.1 Å². The topological polar surface area (TPSA) is 84.3 Å². The van der Waals surface area contributed by atoms with E-state index in [4.69, 9.17) is 9.15 Å². The van der Waals surface area contributed by atoms with Crippen LogP contribution in [0.3, 0.4) is 0 Å². The van der Waals surface area contributed by atoms with Gasteiger partial charge in [-0.25, -0.2) is 4.79 Å². The molecule has 2 N–H and O–H groups in total. The Morgan fingerprint density at radius 2 is 2.13 bits per heavy atom. The molecule has 0 spiro atoms. The number of carbonyl (C=O) groups is 1. The third kappa shape index (κ3) is 3.60. The van der Waals surface area contributed by atoms with Gasteiger partial charge in [0.25, 0.3) is 0 Å². The van der Waals surface area contributed by atoms with Crippen molar-refractivity contribution >= 4 is 22.7 Å². The highest BCUT2D eigenvalue weighted by Crippen LogP contribution is 2.17. The van der Waals surface area contributed by atoms with Gasteiger partial charge in [-0.1, -0.05) is 12.1 Å². The fourth-order valence-corrected chi connectivity index (χ4v) is 2.34. The van der Waals surface area contributed by atoms with Crippen molar-refractivity contribution in [3.8, 4) is 5.75 Å². The van der Waals surface area contributed by atoms with E-state index in [2.05, 4.69) is 10.3 Å². The molecule has 1 aromatic heterocycles. The molecule has 23 heavy (non-hydrogen) atoms. The van der Waals surface area contributed by atoms with Crippen molar-refractivity contribution in [2.75, 3.05) is 12.4 Å². The molecule has 6 nitrogen and oxygen atoms in total. The number of carbonyl (C=O) groups excluding carboxylic acids is 1. The maximum Gasteiger partial charge on any atom is 0.417 e. The van der Waals surface area contributed by atoms with Crippen LogP contribution in [0.4, 0.5) is 5.69 Å². The zero-order chi connectivity index (χ0) is 16.2. The molecule has 0 saturated heterocycles. The van der Waals surface area contributed by atoms with Gasteiger partial charge in [-0.2, -0.15) is 0 Å². The number of anilines is 1. The summed E-state index contributed by atoms with van der Waals surface area (Å²) in [6, 6.07) is 12.6. The number of amides is 1. The van der Waals surface area contributed by atoms with E-state index in [1.165, 1.54) is 0 Å². The number of aromatic nitrogens is 1. The Morgan fingerprint density at radius 3 is 2.96 bits per heavy atom. The Bertz CT molecular complexity index is 895. The molecule has 0 aliphatic carbocycles. The van der Waals surface area contributed by atoms with Crippen LogP contribution in [0.15, 0.2) is 51.7 Å². The number of H-pyrrole nitrogens is 1. The van der Waals surface area contributed by atoms with Gasteiger partial charge in [0.2, 0.25) is 5.91 Å². The molecule has 2 aromatic carbocycles. The van der Waals surface area contributed by atoms with Crippen molar-refractivity contribution in [1.82, 2.24) is 4.98 Å². The quantitative estimate of drug-likeness (QED) is 0.758. The van der Waals surface area contributed by atoms with Gasteiger partial charge in [0.05, 0.1) is 12.6 Å². The van der Waals surface area contributed by atoms with E-state index in [1.807, 2.05) is 24.3 Å². The largest absolute Gasteiger partial charge is 0.497 e. The highest BCUT2D eigenvalue weighted by atomic mass is 16.5. The van der Waals surface area contributed by atoms with E-state index in [1.54, 1.807) is 25.3 Å². The number of oxazole rings is 1. The fourth-order valence-electron chi connectivity index (χ4n) is 2.34. The first-order valence-corrected chi connectivity index (χ1v) is 7.20. The third-order valence-corrected chi connectivity index (χ3v) is 3.48. The fraction of sp³-hybridized carbons (Fsp3) is 0.176. The number of fused-ring (bicyclic) bond motifs is 1. The minimum absolute atomic E-state index is 0.0991. The number of nitrogens with one attached hydrogen (secondary N) is 2. The Hall–Kier alpha value is -3.02. The molecule has 6 heteroatoms. The monoisotopic (exact) mass is 312 g/mol. The second kappa shape index (κ2) is 6.39. The predicted molar refractivity (Wildman–Crippen MR) is 86.8 cm³/mol. The standard InChI is InChI=1S/C17H16N2O4/c1-22-13-4-2-3-11(9-13)5-8-16(20)18-12-6-7-15-14(10-12)19-17(21)23-15/h2-4,6-7,9-10H,5,8H2,1H3,(H,18,20)(H,19,21). The van der Waals surface area contributed by atoms with Gasteiger partial charge in [-0.05, 0) is 42.3 Å². The first-order chi connectivity index (χ1) is 11.1. The molecule has 0 saturated carbocycles. The molecule has 0 aliphatic rings. The van der Waals surface area contributed by atoms with Crippen LogP contribution in [-0.2, 0) is 11.2 Å². The van der Waals surface area contributed by atoms with Crippen molar-refractivity contribution in [2.45, 2.75) is 12.8 Å². The van der Waals surface area contributed by atoms with Crippen LogP contribution in [-0.4, -0.2) is 18.0 Å². The van der Waals surface area contributed by atoms with Crippen LogP contribution < -0.4 is 15.8 Å². The molecule has 0 bridgehead atoms. The summed E-state index contributed by atoms with van der Waals surface area (Å²) in [5.41, 5.74) is 2.67. The Balaban J connectivity index is 1.62. The predicted octanol–water partition coefficient (Wildman–Crippen LogP) is 2.70. The molecular formula is C17H16N2O4. The molecule has 1 heterocycles. The van der Waals surface area contributed by atoms with Gasteiger partial charge >= 0.3 is 5.76 Å². The van der Waals surface area contributed by atoms with Crippen molar-refractivity contribution in [3.63, 3.8) is 0 Å². The number of benzene rings is 2. The maximum absolute atomic E-state index is 12.0. The van der Waals surface area contributed by atoms with Crippen LogP contribution in [0.1, 0.15) is 12.0 Å². The number of ether oxygens (including phenoxy) is 1. The van der Waals surface area contributed by atoms with Gasteiger partial charge < -0.3 is 14.5 Å². The molecule has 0 unspecified atom stereocenters. The average molecular weight is 312 g/mol. The lowest BCUT2D eigenvalue weighted by molar-refractivity contribution is -0.116. The summed E-state index contributed by atoms with van der Waals surface area (Å²) < 4.78 is 10.1. The van der Waals surface area contributed by atoms with Crippen LogP contribution in [0.25, 0.3) is 11.1 Å². The maximum atomic E-state index is 12.0. The van der Waals surface area contributed by atoms with Gasteiger partial charge in [-0.15, -0.1) is 0 Å². The average Bonchev–Trinajstić information content (AvgIpc) is 2.92. The molecule has 0 radical (unpaired) electrons. The van der Waals surface area contributed by atoms with Crippen molar-refractivity contribution < 1.29 is 13.9 Å². The number of hydrogen-bond donors (Lipinski definition) is 2. The minimum atomic E-state index is -0.512.